The number of ether oxygens (including phenoxy) is 2. The molecule has 0 bridgehead atoms. The summed E-state index contributed by atoms with van der Waals surface area (Å²) in [5, 5.41) is 2.49. The second-order valence-electron chi connectivity index (χ2n) is 8.85. The van der Waals surface area contributed by atoms with Crippen molar-refractivity contribution in [1.29, 1.82) is 0 Å². The topological polar surface area (TPSA) is 105 Å². The number of hydrogen-bond acceptors (Lipinski definition) is 8. The summed E-state index contributed by atoms with van der Waals surface area (Å²) in [5.74, 6) is 1.24. The summed E-state index contributed by atoms with van der Waals surface area (Å²) in [6, 6.07) is 8.04. The van der Waals surface area contributed by atoms with Crippen molar-refractivity contribution < 1.29 is 19.1 Å². The molecule has 9 heteroatoms. The minimum absolute atomic E-state index is 0.192. The zero-order valence-electron chi connectivity index (χ0n) is 18.9. The zero-order valence-corrected chi connectivity index (χ0v) is 18.9. The Morgan fingerprint density at radius 3 is 2.44 bits per heavy atom. The molecule has 1 saturated heterocycles. The average molecular weight is 440 g/mol. The number of nitrogen functional groups attached to an aromatic ring is 1. The summed E-state index contributed by atoms with van der Waals surface area (Å²) >= 11 is 0. The number of carbonyl (C=O) groups excluding carboxylic acids is 1. The van der Waals surface area contributed by atoms with Crippen molar-refractivity contribution in [2.75, 3.05) is 25.9 Å². The molecule has 1 fully saturated rings. The van der Waals surface area contributed by atoms with Crippen LogP contribution in [0.4, 0.5) is 10.6 Å². The first kappa shape index (κ1) is 21.9. The number of nitrogens with zero attached hydrogens (tertiary/aromatic N) is 4. The molecule has 170 valence electrons. The van der Waals surface area contributed by atoms with E-state index in [2.05, 4.69) is 20.7 Å². The van der Waals surface area contributed by atoms with Crippen LogP contribution in [0.2, 0.25) is 0 Å². The predicted molar refractivity (Wildman–Crippen MR) is 121 cm³/mol. The third kappa shape index (κ3) is 4.62. The molecule has 0 spiro atoms. The lowest BCUT2D eigenvalue weighted by Gasteiger charge is -2.31. The smallest absolute Gasteiger partial charge is 0.497 e. The van der Waals surface area contributed by atoms with Gasteiger partial charge in [0.25, 0.3) is 0 Å². The van der Waals surface area contributed by atoms with E-state index in [0.29, 0.717) is 18.9 Å². The van der Waals surface area contributed by atoms with Crippen LogP contribution in [-0.4, -0.2) is 51.6 Å². The first-order valence-corrected chi connectivity index (χ1v) is 10.7. The van der Waals surface area contributed by atoms with Crippen LogP contribution in [0.25, 0.3) is 22.2 Å². The zero-order chi connectivity index (χ0) is 22.9. The number of anilines is 1. The maximum absolute atomic E-state index is 12.0. The van der Waals surface area contributed by atoms with Crippen LogP contribution >= 0.6 is 0 Å². The lowest BCUT2D eigenvalue weighted by atomic mass is 10.1. The lowest BCUT2D eigenvalue weighted by Crippen LogP contribution is -2.38. The molecule has 0 radical (unpaired) electrons. The summed E-state index contributed by atoms with van der Waals surface area (Å²) in [4.78, 5) is 26.1. The van der Waals surface area contributed by atoms with Gasteiger partial charge in [-0.25, -0.2) is 14.8 Å². The second-order valence-corrected chi connectivity index (χ2v) is 8.85. The number of carbonyl (C=O) groups is 1. The van der Waals surface area contributed by atoms with Gasteiger partial charge in [-0.3, -0.25) is 0 Å². The van der Waals surface area contributed by atoms with E-state index in [4.69, 9.17) is 20.0 Å². The molecule has 2 aromatic heterocycles. The van der Waals surface area contributed by atoms with Crippen molar-refractivity contribution >= 4 is 23.0 Å². The van der Waals surface area contributed by atoms with Crippen molar-refractivity contribution in [3.63, 3.8) is 0 Å². The minimum Gasteiger partial charge on any atom is -0.497 e. The van der Waals surface area contributed by atoms with Gasteiger partial charge < -0.3 is 24.6 Å². The first-order chi connectivity index (χ1) is 15.2. The minimum atomic E-state index is -0.676. The maximum atomic E-state index is 12.0. The Hall–Kier alpha value is -3.33. The number of piperidine rings is 1. The van der Waals surface area contributed by atoms with Gasteiger partial charge in [0.2, 0.25) is 0 Å². The van der Waals surface area contributed by atoms with Gasteiger partial charge in [-0.05, 0) is 51.3 Å². The first-order valence-electron chi connectivity index (χ1n) is 10.7. The Bertz CT molecular complexity index is 1100. The van der Waals surface area contributed by atoms with E-state index < -0.39 is 11.8 Å². The average Bonchev–Trinajstić information content (AvgIpc) is 3.14. The van der Waals surface area contributed by atoms with Crippen LogP contribution < -0.4 is 10.5 Å². The summed E-state index contributed by atoms with van der Waals surface area (Å²) in [7, 11) is 1.64. The number of fused-ring (bicyclic) bond motifs is 1. The largest absolute Gasteiger partial charge is 0.528 e. The fourth-order valence-corrected chi connectivity index (χ4v) is 3.96. The van der Waals surface area contributed by atoms with Gasteiger partial charge in [-0.1, -0.05) is 12.1 Å². The Morgan fingerprint density at radius 1 is 1.12 bits per heavy atom. The van der Waals surface area contributed by atoms with Gasteiger partial charge >= 0.3 is 6.16 Å². The van der Waals surface area contributed by atoms with Gasteiger partial charge in [-0.15, -0.1) is 5.06 Å². The van der Waals surface area contributed by atoms with Crippen LogP contribution in [-0.2, 0) is 9.57 Å². The third-order valence-electron chi connectivity index (χ3n) is 5.45. The van der Waals surface area contributed by atoms with Crippen LogP contribution in [0.1, 0.15) is 39.7 Å². The van der Waals surface area contributed by atoms with Crippen molar-refractivity contribution in [2.45, 2.75) is 45.3 Å². The molecule has 0 unspecified atom stereocenters. The van der Waals surface area contributed by atoms with Gasteiger partial charge in [-0.2, -0.15) is 0 Å². The fourth-order valence-electron chi connectivity index (χ4n) is 3.96. The summed E-state index contributed by atoms with van der Waals surface area (Å²) in [5.41, 5.74) is 8.46. The standard InChI is InChI=1S/C23H29N5O4/c1-23(2,3)31-22(29)32-27-11-9-16(10-12-27)28-13-18(15-5-7-17(30-4)8-6-15)19-20(24)25-14-26-21(19)28/h5-8,13-14,16H,9-12H2,1-4H3,(H2,24,25,26). The van der Waals surface area contributed by atoms with Gasteiger partial charge in [0.15, 0.2) is 0 Å². The van der Waals surface area contributed by atoms with Crippen LogP contribution in [0.3, 0.4) is 0 Å². The number of rotatable bonds is 4. The van der Waals surface area contributed by atoms with Crippen LogP contribution in [0, 0.1) is 0 Å². The number of nitrogens with two attached hydrogens (primary N) is 1. The molecule has 1 aliphatic heterocycles. The summed E-state index contributed by atoms with van der Waals surface area (Å²) in [6.07, 6.45) is 4.49. The molecule has 3 heterocycles. The molecule has 9 nitrogen and oxygen atoms in total. The van der Waals surface area contributed by atoms with E-state index in [-0.39, 0.29) is 6.04 Å². The highest BCUT2D eigenvalue weighted by Crippen LogP contribution is 2.37. The monoisotopic (exact) mass is 439 g/mol. The highest BCUT2D eigenvalue weighted by Gasteiger charge is 2.28. The SMILES string of the molecule is COc1ccc(-c2cn(C3CCN(OC(=O)OC(C)(C)C)CC3)c3ncnc(N)c23)cc1. The molecule has 32 heavy (non-hydrogen) atoms. The Labute approximate surface area is 187 Å². The molecule has 0 atom stereocenters. The fraction of sp³-hybridized carbons (Fsp3) is 0.435. The number of benzene rings is 1. The highest BCUT2D eigenvalue weighted by atomic mass is 16.8. The van der Waals surface area contributed by atoms with Gasteiger partial charge in [0.05, 0.1) is 12.5 Å². The molecule has 0 aliphatic carbocycles. The predicted octanol–water partition coefficient (Wildman–Crippen LogP) is 4.19. The normalized spacial score (nSPS) is 15.6. The van der Waals surface area contributed by atoms with E-state index in [0.717, 1.165) is 40.8 Å². The molecule has 3 aromatic rings. The van der Waals surface area contributed by atoms with E-state index in [1.54, 1.807) is 12.2 Å². The van der Waals surface area contributed by atoms with Crippen LogP contribution in [0.15, 0.2) is 36.8 Å². The molecule has 0 saturated carbocycles. The van der Waals surface area contributed by atoms with Crippen LogP contribution in [0.5, 0.6) is 5.75 Å². The Balaban J connectivity index is 1.55. The number of hydrogen-bond donors (Lipinski definition) is 1. The van der Waals surface area contributed by atoms with E-state index in [1.165, 1.54) is 6.33 Å². The van der Waals surface area contributed by atoms with E-state index in [9.17, 15) is 4.79 Å². The summed E-state index contributed by atoms with van der Waals surface area (Å²) < 4.78 is 12.7. The number of aromatic nitrogens is 3. The van der Waals surface area contributed by atoms with Crippen molar-refractivity contribution in [3.8, 4) is 16.9 Å². The third-order valence-corrected chi connectivity index (χ3v) is 5.45. The molecule has 0 amide bonds. The summed E-state index contributed by atoms with van der Waals surface area (Å²) in [6.45, 7) is 6.63. The Kier molecular flexibility index (Phi) is 5.92. The quantitative estimate of drug-likeness (QED) is 0.603. The van der Waals surface area contributed by atoms with Gasteiger partial charge in [0.1, 0.15) is 29.1 Å². The maximum Gasteiger partial charge on any atom is 0.528 e. The van der Waals surface area contributed by atoms with E-state index >= 15 is 0 Å². The van der Waals surface area contributed by atoms with E-state index in [1.807, 2.05) is 45.0 Å². The number of hydroxylamine groups is 2. The molecular weight excluding hydrogens is 410 g/mol. The lowest BCUT2D eigenvalue weighted by molar-refractivity contribution is -0.154. The molecule has 1 aromatic carbocycles. The molecular formula is C23H29N5O4. The van der Waals surface area contributed by atoms with Crippen molar-refractivity contribution in [1.82, 2.24) is 19.6 Å². The molecule has 4 rings (SSSR count). The Morgan fingerprint density at radius 2 is 1.81 bits per heavy atom. The number of methoxy groups -OCH3 is 1. The second kappa shape index (κ2) is 8.66. The highest BCUT2D eigenvalue weighted by molar-refractivity contribution is 6.00. The molecule has 2 N–H and O–H groups in total. The van der Waals surface area contributed by atoms with Crippen molar-refractivity contribution in [2.24, 2.45) is 0 Å². The van der Waals surface area contributed by atoms with Gasteiger partial charge in [0, 0.05) is 30.9 Å². The van der Waals surface area contributed by atoms with Crippen molar-refractivity contribution in [3.05, 3.63) is 36.8 Å². The molecule has 1 aliphatic rings.